The molecule has 3 rings (SSSR count). The van der Waals surface area contributed by atoms with Crippen LogP contribution in [0.3, 0.4) is 0 Å². The zero-order valence-corrected chi connectivity index (χ0v) is 23.7. The Kier molecular flexibility index (Phi) is 19.1. The van der Waals surface area contributed by atoms with Gasteiger partial charge in [0.25, 0.3) is 0 Å². The predicted octanol–water partition coefficient (Wildman–Crippen LogP) is 3.44. The minimum absolute atomic E-state index is 0. The Morgan fingerprint density at radius 1 is 1.08 bits per heavy atom. The van der Waals surface area contributed by atoms with Crippen LogP contribution in [0, 0.1) is 29.1 Å². The maximum absolute atomic E-state index is 6.30. The molecule has 0 aromatic carbocycles. The fourth-order valence-electron chi connectivity index (χ4n) is 6.15. The molecule has 2 fully saturated rings. The molecular formula is C28H60ClN3O4. The van der Waals surface area contributed by atoms with E-state index in [4.69, 9.17) is 16.3 Å². The number of rotatable bonds is 10. The molecule has 3 aliphatic rings. The molecule has 2 saturated heterocycles. The lowest BCUT2D eigenvalue weighted by Crippen LogP contribution is -2.54. The predicted molar refractivity (Wildman–Crippen MR) is 155 cm³/mol. The number of hydrogen-bond donors (Lipinski definition) is 2. The Morgan fingerprint density at radius 2 is 1.81 bits per heavy atom. The van der Waals surface area contributed by atoms with Crippen molar-refractivity contribution in [2.75, 3.05) is 39.3 Å². The molecule has 8 heteroatoms. The van der Waals surface area contributed by atoms with Crippen LogP contribution in [0.5, 0.6) is 0 Å². The second-order valence-electron chi connectivity index (χ2n) is 11.7. The minimum Gasteiger partial charge on any atom is -0.412 e. The lowest BCUT2D eigenvalue weighted by Gasteiger charge is -2.48. The molecule has 0 spiro atoms. The van der Waals surface area contributed by atoms with Crippen molar-refractivity contribution < 1.29 is 21.2 Å². The van der Waals surface area contributed by atoms with Crippen LogP contribution >= 0.6 is 11.6 Å². The summed E-state index contributed by atoms with van der Waals surface area (Å²) in [5.41, 5.74) is 0.356. The molecule has 0 radical (unpaired) electrons. The Bertz CT molecular complexity index is 585. The second-order valence-corrected chi connectivity index (χ2v) is 12.3. The van der Waals surface area contributed by atoms with E-state index in [0.29, 0.717) is 29.2 Å². The first kappa shape index (κ1) is 37.9. The van der Waals surface area contributed by atoms with E-state index < -0.39 is 0 Å². The zero-order chi connectivity index (χ0) is 23.1. The highest BCUT2D eigenvalue weighted by Gasteiger charge is 2.40. The first-order valence-corrected chi connectivity index (χ1v) is 13.8. The molecule has 5 unspecified atom stereocenters. The van der Waals surface area contributed by atoms with Gasteiger partial charge in [-0.3, -0.25) is 5.32 Å². The fourth-order valence-corrected chi connectivity index (χ4v) is 6.36. The number of hydrogen-bond acceptors (Lipinski definition) is 4. The summed E-state index contributed by atoms with van der Waals surface area (Å²) in [6, 6.07) is 0.558. The second kappa shape index (κ2) is 18.1. The molecule has 2 aliphatic heterocycles. The molecule has 0 amide bonds. The van der Waals surface area contributed by atoms with Gasteiger partial charge in [-0.05, 0) is 80.7 Å². The van der Waals surface area contributed by atoms with E-state index in [-0.39, 0.29) is 35.5 Å². The molecule has 7 nitrogen and oxygen atoms in total. The summed E-state index contributed by atoms with van der Waals surface area (Å²) in [5.74, 6) is 2.85. The largest absolute Gasteiger partial charge is 0.412 e. The summed E-state index contributed by atoms with van der Waals surface area (Å²) in [6.07, 6.45) is 12.1. The molecule has 2 heterocycles. The van der Waals surface area contributed by atoms with Crippen LogP contribution in [-0.4, -0.2) is 78.3 Å². The molecule has 218 valence electrons. The van der Waals surface area contributed by atoms with Crippen LogP contribution in [0.15, 0.2) is 12.2 Å². The number of piperidine rings is 2. The number of alkyl halides is 1. The van der Waals surface area contributed by atoms with Gasteiger partial charge in [0.15, 0.2) is 0 Å². The van der Waals surface area contributed by atoms with Crippen molar-refractivity contribution in [1.29, 1.82) is 0 Å². The van der Waals surface area contributed by atoms with Gasteiger partial charge in [0.05, 0.1) is 5.38 Å². The molecule has 6 atom stereocenters. The standard InChI is InChI=1S/C27H50ClN3O.CH4.3H2O/c1-6-15-32-26-12-7-21(17-30-26)16-29-25(20(2)3)18-31-14-13-24(27(4,5)19-31)22-8-10-23(28)11-9-22;;;;/h8,10,20-26,29-30H,6-7,9,11-19H2,1-5H3;1H4;3*1H2/t21?,22?,23?,24?,25-,26?;;;;/m0..../s1. The topological polar surface area (TPSA) is 131 Å². The quantitative estimate of drug-likeness (QED) is 0.326. The van der Waals surface area contributed by atoms with Gasteiger partial charge < -0.3 is 31.4 Å². The molecule has 1 aliphatic carbocycles. The first-order valence-electron chi connectivity index (χ1n) is 13.4. The molecule has 8 N–H and O–H groups in total. The average Bonchev–Trinajstić information content (AvgIpc) is 2.76. The Hall–Kier alpha value is -0.250. The van der Waals surface area contributed by atoms with E-state index in [1.807, 2.05) is 0 Å². The van der Waals surface area contributed by atoms with E-state index in [1.54, 1.807) is 0 Å². The number of likely N-dealkylation sites (tertiary alicyclic amines) is 1. The van der Waals surface area contributed by atoms with Crippen LogP contribution < -0.4 is 10.6 Å². The summed E-state index contributed by atoms with van der Waals surface area (Å²) in [4.78, 5) is 2.73. The number of nitrogens with one attached hydrogen (secondary N) is 2. The average molecular weight is 538 g/mol. The van der Waals surface area contributed by atoms with Crippen molar-refractivity contribution in [2.24, 2.45) is 29.1 Å². The Labute approximate surface area is 227 Å². The third-order valence-corrected chi connectivity index (χ3v) is 8.54. The number of allylic oxidation sites excluding steroid dienone is 2. The number of ether oxygens (including phenoxy) is 1. The maximum atomic E-state index is 6.30. The van der Waals surface area contributed by atoms with E-state index >= 15 is 0 Å². The Balaban J connectivity index is 0. The van der Waals surface area contributed by atoms with Gasteiger partial charge in [-0.15, -0.1) is 11.6 Å². The van der Waals surface area contributed by atoms with Gasteiger partial charge in [0.2, 0.25) is 0 Å². The van der Waals surface area contributed by atoms with Crippen LogP contribution in [0.25, 0.3) is 0 Å². The van der Waals surface area contributed by atoms with Crippen LogP contribution in [0.4, 0.5) is 0 Å². The van der Waals surface area contributed by atoms with Crippen molar-refractivity contribution in [1.82, 2.24) is 15.5 Å². The summed E-state index contributed by atoms with van der Waals surface area (Å²) < 4.78 is 5.87. The molecular weight excluding hydrogens is 478 g/mol. The maximum Gasteiger partial charge on any atom is 0.108 e. The third kappa shape index (κ3) is 11.2. The molecule has 0 bridgehead atoms. The smallest absolute Gasteiger partial charge is 0.108 e. The van der Waals surface area contributed by atoms with Gasteiger partial charge in [0.1, 0.15) is 6.23 Å². The van der Waals surface area contributed by atoms with E-state index in [0.717, 1.165) is 44.9 Å². The first-order chi connectivity index (χ1) is 15.3. The van der Waals surface area contributed by atoms with Crippen LogP contribution in [0.2, 0.25) is 0 Å². The monoisotopic (exact) mass is 537 g/mol. The van der Waals surface area contributed by atoms with Crippen molar-refractivity contribution >= 4 is 11.6 Å². The van der Waals surface area contributed by atoms with Gasteiger partial charge >= 0.3 is 0 Å². The molecule has 0 saturated carbocycles. The summed E-state index contributed by atoms with van der Waals surface area (Å²) in [6.45, 7) is 18.6. The van der Waals surface area contributed by atoms with Gasteiger partial charge in [-0.25, -0.2) is 0 Å². The lowest BCUT2D eigenvalue weighted by atomic mass is 9.65. The van der Waals surface area contributed by atoms with Crippen molar-refractivity contribution in [3.05, 3.63) is 12.2 Å². The summed E-state index contributed by atoms with van der Waals surface area (Å²) in [7, 11) is 0. The third-order valence-electron chi connectivity index (χ3n) is 8.17. The van der Waals surface area contributed by atoms with Gasteiger partial charge in [-0.1, -0.05) is 54.2 Å². The van der Waals surface area contributed by atoms with E-state index in [1.165, 1.54) is 38.9 Å². The van der Waals surface area contributed by atoms with E-state index in [2.05, 4.69) is 62.3 Å². The number of nitrogens with zero attached hydrogens (tertiary/aromatic N) is 1. The normalized spacial score (nSPS) is 30.8. The fraction of sp³-hybridized carbons (Fsp3) is 0.929. The van der Waals surface area contributed by atoms with Crippen LogP contribution in [0.1, 0.15) is 80.6 Å². The Morgan fingerprint density at radius 3 is 2.33 bits per heavy atom. The van der Waals surface area contributed by atoms with E-state index in [9.17, 15) is 0 Å². The summed E-state index contributed by atoms with van der Waals surface area (Å²) >= 11 is 6.30. The molecule has 0 aromatic rings. The number of halogens is 1. The lowest BCUT2D eigenvalue weighted by molar-refractivity contribution is 0.00196. The SMILES string of the molecule is C.CCCOC1CCC(CN[C@@H](CN2CCC(C3C=CC(Cl)CC3)C(C)(C)C2)C(C)C)CN1.O.O.O. The molecule has 36 heavy (non-hydrogen) atoms. The minimum atomic E-state index is 0. The summed E-state index contributed by atoms with van der Waals surface area (Å²) in [5, 5.41) is 7.81. The highest BCUT2D eigenvalue weighted by atomic mass is 35.5. The van der Waals surface area contributed by atoms with Crippen LogP contribution in [-0.2, 0) is 4.74 Å². The van der Waals surface area contributed by atoms with Crippen molar-refractivity contribution in [2.45, 2.75) is 98.2 Å². The highest BCUT2D eigenvalue weighted by molar-refractivity contribution is 6.21. The van der Waals surface area contributed by atoms with Crippen molar-refractivity contribution in [3.8, 4) is 0 Å². The van der Waals surface area contributed by atoms with Gasteiger partial charge in [0, 0.05) is 32.3 Å². The molecule has 0 aromatic heterocycles. The zero-order valence-electron chi connectivity index (χ0n) is 22.9. The highest BCUT2D eigenvalue weighted by Crippen LogP contribution is 2.43. The van der Waals surface area contributed by atoms with Crippen molar-refractivity contribution in [3.63, 3.8) is 0 Å². The van der Waals surface area contributed by atoms with Gasteiger partial charge in [-0.2, -0.15) is 0 Å².